The molecule has 2 atom stereocenters. The molecule has 32 heavy (non-hydrogen) atoms. The summed E-state index contributed by atoms with van der Waals surface area (Å²) in [6, 6.07) is 32.5. The summed E-state index contributed by atoms with van der Waals surface area (Å²) in [5.41, 5.74) is 6.22. The molecule has 4 aromatic carbocycles. The van der Waals surface area contributed by atoms with E-state index in [1.54, 1.807) is 14.2 Å². The van der Waals surface area contributed by atoms with Crippen molar-refractivity contribution in [3.8, 4) is 22.6 Å². The van der Waals surface area contributed by atoms with Crippen LogP contribution < -0.4 is 9.47 Å². The second-order valence-electron chi connectivity index (χ2n) is 8.03. The topological polar surface area (TPSA) is 35.5 Å². The van der Waals surface area contributed by atoms with Crippen LogP contribution in [0.25, 0.3) is 11.1 Å². The third kappa shape index (κ3) is 3.46. The highest BCUT2D eigenvalue weighted by molar-refractivity contribution is 6.07. The monoisotopic (exact) mass is 420 g/mol. The molecule has 0 saturated carbocycles. The Labute approximate surface area is 188 Å². The molecule has 1 aliphatic carbocycles. The number of carbonyl (C=O) groups is 1. The summed E-state index contributed by atoms with van der Waals surface area (Å²) < 4.78 is 10.8. The van der Waals surface area contributed by atoms with Gasteiger partial charge in [0.15, 0.2) is 5.78 Å². The zero-order valence-corrected chi connectivity index (χ0v) is 18.1. The van der Waals surface area contributed by atoms with Crippen LogP contribution in [0.4, 0.5) is 0 Å². The number of hydrogen-bond acceptors (Lipinski definition) is 3. The Morgan fingerprint density at radius 1 is 0.594 bits per heavy atom. The molecule has 0 amide bonds. The maximum absolute atomic E-state index is 13.6. The first kappa shape index (κ1) is 20.1. The van der Waals surface area contributed by atoms with E-state index < -0.39 is 0 Å². The van der Waals surface area contributed by atoms with Crippen molar-refractivity contribution >= 4 is 5.78 Å². The molecule has 0 spiro atoms. The Morgan fingerprint density at radius 2 is 1.16 bits per heavy atom. The summed E-state index contributed by atoms with van der Waals surface area (Å²) in [5, 5.41) is 0. The van der Waals surface area contributed by atoms with Gasteiger partial charge in [-0.2, -0.15) is 0 Å². The van der Waals surface area contributed by atoms with Crippen LogP contribution in [-0.4, -0.2) is 20.0 Å². The second kappa shape index (κ2) is 8.35. The molecule has 0 N–H and O–H groups in total. The van der Waals surface area contributed by atoms with Crippen molar-refractivity contribution in [3.05, 3.63) is 119 Å². The number of ketones is 1. The molecule has 1 aliphatic rings. The second-order valence-corrected chi connectivity index (χ2v) is 8.03. The minimum absolute atomic E-state index is 0.0779. The molecule has 4 aromatic rings. The smallest absolute Gasteiger partial charge is 0.171 e. The fourth-order valence-corrected chi connectivity index (χ4v) is 4.69. The van der Waals surface area contributed by atoms with Crippen molar-refractivity contribution in [1.29, 1.82) is 0 Å². The van der Waals surface area contributed by atoms with Crippen molar-refractivity contribution in [2.45, 2.75) is 11.8 Å². The number of rotatable bonds is 5. The molecule has 0 aromatic heterocycles. The average molecular weight is 421 g/mol. The Morgan fingerprint density at radius 3 is 1.81 bits per heavy atom. The van der Waals surface area contributed by atoms with Crippen molar-refractivity contribution in [1.82, 2.24) is 0 Å². The van der Waals surface area contributed by atoms with E-state index >= 15 is 0 Å². The van der Waals surface area contributed by atoms with E-state index in [1.165, 1.54) is 5.56 Å². The molecule has 0 fully saturated rings. The van der Waals surface area contributed by atoms with Crippen molar-refractivity contribution in [3.63, 3.8) is 0 Å². The minimum Gasteiger partial charge on any atom is -0.497 e. The van der Waals surface area contributed by atoms with E-state index in [2.05, 4.69) is 36.4 Å². The van der Waals surface area contributed by atoms with E-state index in [4.69, 9.17) is 9.47 Å². The van der Waals surface area contributed by atoms with Crippen LogP contribution in [0.3, 0.4) is 0 Å². The average Bonchev–Trinajstić information content (AvgIpc) is 3.16. The van der Waals surface area contributed by atoms with Crippen LogP contribution in [0.1, 0.15) is 38.9 Å². The largest absolute Gasteiger partial charge is 0.497 e. The van der Waals surface area contributed by atoms with Gasteiger partial charge in [0.05, 0.1) is 20.1 Å². The van der Waals surface area contributed by atoms with Crippen LogP contribution in [0.5, 0.6) is 11.5 Å². The Hall–Kier alpha value is -3.85. The number of hydrogen-bond donors (Lipinski definition) is 0. The third-order valence-corrected chi connectivity index (χ3v) is 6.33. The molecule has 0 bridgehead atoms. The zero-order valence-electron chi connectivity index (χ0n) is 18.1. The van der Waals surface area contributed by atoms with Crippen LogP contribution in [0, 0.1) is 0 Å². The van der Waals surface area contributed by atoms with E-state index in [0.717, 1.165) is 39.3 Å². The summed E-state index contributed by atoms with van der Waals surface area (Å²) in [4.78, 5) is 13.6. The standard InChI is InChI=1S/C29H24O3/c1-31-23-14-12-22(13-15-23)28-27(26-18-24(32-2)16-17-25(26)29(28)30)21-10-8-20(9-11-21)19-6-4-3-5-7-19/h3-18,27-28H,1-2H3/t27-,28+/m1/s1. The van der Waals surface area contributed by atoms with Gasteiger partial charge in [-0.15, -0.1) is 0 Å². The minimum atomic E-state index is -0.286. The maximum atomic E-state index is 13.6. The lowest BCUT2D eigenvalue weighted by Gasteiger charge is -2.21. The highest BCUT2D eigenvalue weighted by Gasteiger charge is 2.41. The van der Waals surface area contributed by atoms with Gasteiger partial charge in [0.2, 0.25) is 0 Å². The third-order valence-electron chi connectivity index (χ3n) is 6.33. The normalized spacial score (nSPS) is 17.1. The Kier molecular flexibility index (Phi) is 5.24. The SMILES string of the molecule is COc1ccc([C@@H]2C(=O)c3ccc(OC)cc3[C@H]2c2ccc(-c3ccccc3)cc2)cc1. The molecule has 3 nitrogen and oxygen atoms in total. The Bertz CT molecular complexity index is 1240. The Balaban J connectivity index is 1.61. The molecule has 3 heteroatoms. The van der Waals surface area contributed by atoms with E-state index in [1.807, 2.05) is 60.7 Å². The molecular weight excluding hydrogens is 396 g/mol. The lowest BCUT2D eigenvalue weighted by Crippen LogP contribution is -2.13. The first-order valence-corrected chi connectivity index (χ1v) is 10.7. The van der Waals surface area contributed by atoms with E-state index in [-0.39, 0.29) is 17.6 Å². The van der Waals surface area contributed by atoms with Gasteiger partial charge in [-0.05, 0) is 58.1 Å². The number of ether oxygens (including phenoxy) is 2. The molecule has 0 saturated heterocycles. The molecule has 158 valence electrons. The molecule has 0 aliphatic heterocycles. The number of fused-ring (bicyclic) bond motifs is 1. The fraction of sp³-hybridized carbons (Fsp3) is 0.138. The first-order chi connectivity index (χ1) is 15.7. The highest BCUT2D eigenvalue weighted by Crippen LogP contribution is 2.49. The van der Waals surface area contributed by atoms with Gasteiger partial charge in [0.1, 0.15) is 11.5 Å². The van der Waals surface area contributed by atoms with E-state index in [0.29, 0.717) is 0 Å². The van der Waals surface area contributed by atoms with Gasteiger partial charge < -0.3 is 9.47 Å². The van der Waals surface area contributed by atoms with Crippen LogP contribution >= 0.6 is 0 Å². The highest BCUT2D eigenvalue weighted by atomic mass is 16.5. The predicted molar refractivity (Wildman–Crippen MR) is 127 cm³/mol. The lowest BCUT2D eigenvalue weighted by atomic mass is 9.81. The summed E-state index contributed by atoms with van der Waals surface area (Å²) >= 11 is 0. The van der Waals surface area contributed by atoms with Crippen molar-refractivity contribution in [2.24, 2.45) is 0 Å². The van der Waals surface area contributed by atoms with Gasteiger partial charge in [-0.25, -0.2) is 0 Å². The fourth-order valence-electron chi connectivity index (χ4n) is 4.69. The summed E-state index contributed by atoms with van der Waals surface area (Å²) in [6.45, 7) is 0. The molecular formula is C29H24O3. The summed E-state index contributed by atoms with van der Waals surface area (Å²) in [6.07, 6.45) is 0. The quantitative estimate of drug-likeness (QED) is 0.370. The maximum Gasteiger partial charge on any atom is 0.171 e. The lowest BCUT2D eigenvalue weighted by molar-refractivity contribution is 0.0968. The van der Waals surface area contributed by atoms with Crippen molar-refractivity contribution in [2.75, 3.05) is 14.2 Å². The molecule has 0 radical (unpaired) electrons. The number of methoxy groups -OCH3 is 2. The van der Waals surface area contributed by atoms with Gasteiger partial charge in [-0.3, -0.25) is 4.79 Å². The number of benzene rings is 4. The van der Waals surface area contributed by atoms with Crippen LogP contribution in [-0.2, 0) is 0 Å². The predicted octanol–water partition coefficient (Wildman–Crippen LogP) is 6.48. The van der Waals surface area contributed by atoms with Gasteiger partial charge in [0.25, 0.3) is 0 Å². The number of carbonyl (C=O) groups excluding carboxylic acids is 1. The van der Waals surface area contributed by atoms with Gasteiger partial charge in [-0.1, -0.05) is 66.7 Å². The molecule has 0 heterocycles. The summed E-state index contributed by atoms with van der Waals surface area (Å²) in [5.74, 6) is 1.32. The number of Topliss-reactive ketones (excluding diaryl/α,β-unsaturated/α-hetero) is 1. The molecule has 0 unspecified atom stereocenters. The zero-order chi connectivity index (χ0) is 22.1. The molecule has 5 rings (SSSR count). The van der Waals surface area contributed by atoms with Crippen LogP contribution in [0.2, 0.25) is 0 Å². The van der Waals surface area contributed by atoms with Gasteiger partial charge >= 0.3 is 0 Å². The van der Waals surface area contributed by atoms with Crippen LogP contribution in [0.15, 0.2) is 97.1 Å². The van der Waals surface area contributed by atoms with Crippen molar-refractivity contribution < 1.29 is 14.3 Å². The van der Waals surface area contributed by atoms with E-state index in [9.17, 15) is 4.79 Å². The summed E-state index contributed by atoms with van der Waals surface area (Å²) in [7, 11) is 3.30. The van der Waals surface area contributed by atoms with Gasteiger partial charge in [0, 0.05) is 11.5 Å². The first-order valence-electron chi connectivity index (χ1n) is 10.7.